The molecule has 0 spiro atoms. The van der Waals surface area contributed by atoms with Gasteiger partial charge in [-0.15, -0.1) is 0 Å². The minimum Gasteiger partial charge on any atom is -0.453 e. The van der Waals surface area contributed by atoms with Gasteiger partial charge < -0.3 is 36.1 Å². The first-order valence-electron chi connectivity index (χ1n) is 7.29. The second-order valence-corrected chi connectivity index (χ2v) is 4.52. The average molecular weight is 347 g/mol. The summed E-state index contributed by atoms with van der Waals surface area (Å²) in [7, 11) is 4.04. The van der Waals surface area contributed by atoms with Crippen LogP contribution < -0.4 is 26.6 Å². The van der Waals surface area contributed by atoms with Gasteiger partial charge in [-0.3, -0.25) is 9.59 Å². The van der Waals surface area contributed by atoms with E-state index in [-0.39, 0.29) is 44.4 Å². The summed E-state index contributed by atoms with van der Waals surface area (Å²) in [4.78, 5) is 45.3. The second kappa shape index (κ2) is 12.9. The largest absolute Gasteiger partial charge is 0.453 e. The van der Waals surface area contributed by atoms with Gasteiger partial charge in [-0.25, -0.2) is 9.59 Å². The molecule has 0 rings (SSSR count). The standard InChI is InChI=1S/C13H25N5O6/c1-14-9(11(20)16-5-7-18-13(22)24-3)8-10(19)15-4-6-17-12(21)23-2/h9,14H,4-8H2,1-3H3,(H,15,19)(H,16,20)(H,17,21)(H,18,22). The summed E-state index contributed by atoms with van der Waals surface area (Å²) in [6.07, 6.45) is -1.24. The first kappa shape index (κ1) is 21.4. The van der Waals surface area contributed by atoms with E-state index in [0.29, 0.717) is 0 Å². The lowest BCUT2D eigenvalue weighted by atomic mass is 10.2. The second-order valence-electron chi connectivity index (χ2n) is 4.52. The summed E-state index contributed by atoms with van der Waals surface area (Å²) < 4.78 is 8.76. The molecule has 1 atom stereocenters. The fourth-order valence-corrected chi connectivity index (χ4v) is 1.57. The highest BCUT2D eigenvalue weighted by Crippen LogP contribution is 1.92. The van der Waals surface area contributed by atoms with Crippen LogP contribution in [0.5, 0.6) is 0 Å². The summed E-state index contributed by atoms with van der Waals surface area (Å²) in [6, 6.07) is -0.711. The van der Waals surface area contributed by atoms with E-state index >= 15 is 0 Å². The maximum absolute atomic E-state index is 11.9. The molecular weight excluding hydrogens is 322 g/mol. The van der Waals surface area contributed by atoms with Crippen LogP contribution in [0.3, 0.4) is 0 Å². The van der Waals surface area contributed by atoms with Crippen molar-refractivity contribution in [1.82, 2.24) is 26.6 Å². The average Bonchev–Trinajstić information content (AvgIpc) is 2.59. The van der Waals surface area contributed by atoms with Gasteiger partial charge >= 0.3 is 12.2 Å². The maximum Gasteiger partial charge on any atom is 0.406 e. The molecule has 24 heavy (non-hydrogen) atoms. The zero-order valence-corrected chi connectivity index (χ0v) is 14.1. The smallest absolute Gasteiger partial charge is 0.406 e. The Morgan fingerprint density at radius 2 is 1.25 bits per heavy atom. The van der Waals surface area contributed by atoms with Gasteiger partial charge in [0.2, 0.25) is 11.8 Å². The minimum atomic E-state index is -0.711. The third-order valence-electron chi connectivity index (χ3n) is 2.84. The Bertz CT molecular complexity index is 431. The van der Waals surface area contributed by atoms with Crippen molar-refractivity contribution in [3.05, 3.63) is 0 Å². The molecule has 0 aliphatic heterocycles. The van der Waals surface area contributed by atoms with Crippen LogP contribution in [0.1, 0.15) is 6.42 Å². The van der Waals surface area contributed by atoms with Crippen LogP contribution in [0.4, 0.5) is 9.59 Å². The van der Waals surface area contributed by atoms with E-state index in [1.54, 1.807) is 7.05 Å². The first-order valence-corrected chi connectivity index (χ1v) is 7.29. The van der Waals surface area contributed by atoms with Gasteiger partial charge in [0.05, 0.1) is 26.7 Å². The predicted octanol–water partition coefficient (Wildman–Crippen LogP) is -2.09. The first-order chi connectivity index (χ1) is 11.4. The summed E-state index contributed by atoms with van der Waals surface area (Å²) in [5, 5.41) is 12.7. The van der Waals surface area contributed by atoms with Gasteiger partial charge in [0.1, 0.15) is 0 Å². The van der Waals surface area contributed by atoms with Crippen LogP contribution >= 0.6 is 0 Å². The zero-order valence-electron chi connectivity index (χ0n) is 14.1. The number of likely N-dealkylation sites (N-methyl/N-ethyl adjacent to an activating group) is 1. The third kappa shape index (κ3) is 10.2. The number of alkyl carbamates (subject to hydrolysis) is 2. The van der Waals surface area contributed by atoms with Crippen LogP contribution in [0.15, 0.2) is 0 Å². The van der Waals surface area contributed by atoms with E-state index in [2.05, 4.69) is 36.1 Å². The van der Waals surface area contributed by atoms with E-state index in [9.17, 15) is 19.2 Å². The fourth-order valence-electron chi connectivity index (χ4n) is 1.57. The van der Waals surface area contributed by atoms with Crippen molar-refractivity contribution >= 4 is 24.0 Å². The van der Waals surface area contributed by atoms with Crippen molar-refractivity contribution in [2.24, 2.45) is 0 Å². The number of carbonyl (C=O) groups is 4. The van der Waals surface area contributed by atoms with Crippen molar-refractivity contribution < 1.29 is 28.7 Å². The van der Waals surface area contributed by atoms with Gasteiger partial charge in [0, 0.05) is 26.2 Å². The topological polar surface area (TPSA) is 147 Å². The molecule has 0 aliphatic rings. The quantitative estimate of drug-likeness (QED) is 0.285. The van der Waals surface area contributed by atoms with Crippen molar-refractivity contribution in [1.29, 1.82) is 0 Å². The lowest BCUT2D eigenvalue weighted by molar-refractivity contribution is -0.128. The Kier molecular flexibility index (Phi) is 11.6. The van der Waals surface area contributed by atoms with Crippen LogP contribution in [-0.2, 0) is 19.1 Å². The number of methoxy groups -OCH3 is 2. The minimum absolute atomic E-state index is 0.0645. The molecule has 0 bridgehead atoms. The number of rotatable bonds is 10. The Labute approximate surface area is 140 Å². The van der Waals surface area contributed by atoms with E-state index < -0.39 is 18.2 Å². The van der Waals surface area contributed by atoms with E-state index in [4.69, 9.17) is 0 Å². The lowest BCUT2D eigenvalue weighted by Gasteiger charge is -2.16. The number of nitrogens with one attached hydrogen (secondary N) is 5. The molecule has 11 heteroatoms. The van der Waals surface area contributed by atoms with Crippen LogP contribution in [0, 0.1) is 0 Å². The monoisotopic (exact) mass is 347 g/mol. The molecule has 0 aromatic heterocycles. The van der Waals surface area contributed by atoms with Gasteiger partial charge in [-0.05, 0) is 7.05 Å². The van der Waals surface area contributed by atoms with Gasteiger partial charge in [0.25, 0.3) is 0 Å². The normalized spacial score (nSPS) is 11.0. The summed E-state index contributed by atoms with van der Waals surface area (Å²) >= 11 is 0. The molecular formula is C13H25N5O6. The highest BCUT2D eigenvalue weighted by atomic mass is 16.5. The third-order valence-corrected chi connectivity index (χ3v) is 2.84. The molecule has 11 nitrogen and oxygen atoms in total. The molecule has 0 aromatic rings. The Morgan fingerprint density at radius 3 is 1.71 bits per heavy atom. The van der Waals surface area contributed by atoms with Crippen LogP contribution in [-0.4, -0.2) is 77.5 Å². The molecule has 5 N–H and O–H groups in total. The van der Waals surface area contributed by atoms with Crippen molar-refractivity contribution in [3.63, 3.8) is 0 Å². The Hall–Kier alpha value is -2.56. The van der Waals surface area contributed by atoms with E-state index in [1.165, 1.54) is 14.2 Å². The molecule has 0 aliphatic carbocycles. The molecule has 0 saturated carbocycles. The number of hydrogen-bond acceptors (Lipinski definition) is 7. The number of hydrogen-bond donors (Lipinski definition) is 5. The molecule has 0 aromatic carbocycles. The summed E-state index contributed by atoms with van der Waals surface area (Å²) in [5.74, 6) is -0.712. The molecule has 1 unspecified atom stereocenters. The van der Waals surface area contributed by atoms with Gasteiger partial charge in [-0.1, -0.05) is 0 Å². The summed E-state index contributed by atoms with van der Waals surface area (Å²) in [6.45, 7) is 0.847. The molecule has 0 fully saturated rings. The van der Waals surface area contributed by atoms with Crippen molar-refractivity contribution in [2.45, 2.75) is 12.5 Å². The highest BCUT2D eigenvalue weighted by Gasteiger charge is 2.19. The maximum atomic E-state index is 11.9. The van der Waals surface area contributed by atoms with Crippen LogP contribution in [0.2, 0.25) is 0 Å². The fraction of sp³-hybridized carbons (Fsp3) is 0.692. The summed E-state index contributed by atoms with van der Waals surface area (Å²) in [5.41, 5.74) is 0. The molecule has 0 heterocycles. The number of ether oxygens (including phenoxy) is 2. The van der Waals surface area contributed by atoms with Gasteiger partial charge in [-0.2, -0.15) is 0 Å². The van der Waals surface area contributed by atoms with E-state index in [0.717, 1.165) is 0 Å². The van der Waals surface area contributed by atoms with Crippen molar-refractivity contribution in [3.8, 4) is 0 Å². The number of carbonyl (C=O) groups excluding carboxylic acids is 4. The van der Waals surface area contributed by atoms with Gasteiger partial charge in [0.15, 0.2) is 0 Å². The molecule has 0 radical (unpaired) electrons. The van der Waals surface area contributed by atoms with Crippen molar-refractivity contribution in [2.75, 3.05) is 47.4 Å². The highest BCUT2D eigenvalue weighted by molar-refractivity contribution is 5.88. The predicted molar refractivity (Wildman–Crippen MR) is 84.3 cm³/mol. The lowest BCUT2D eigenvalue weighted by Crippen LogP contribution is -2.47. The molecule has 4 amide bonds. The SMILES string of the molecule is CNC(CC(=O)NCCNC(=O)OC)C(=O)NCCNC(=O)OC. The number of amides is 4. The van der Waals surface area contributed by atoms with Crippen LogP contribution in [0.25, 0.3) is 0 Å². The Balaban J connectivity index is 3.97. The molecule has 138 valence electrons. The zero-order chi connectivity index (χ0) is 18.4. The van der Waals surface area contributed by atoms with E-state index in [1.807, 2.05) is 0 Å². The Morgan fingerprint density at radius 1 is 0.792 bits per heavy atom. The molecule has 0 saturated heterocycles.